The van der Waals surface area contributed by atoms with Crippen molar-refractivity contribution in [3.63, 3.8) is 0 Å². The fourth-order valence-electron chi connectivity index (χ4n) is 6.04. The Morgan fingerprint density at radius 2 is 1.69 bits per heavy atom. The average molecular weight is 516 g/mol. The monoisotopic (exact) mass is 515 g/mol. The number of Topliss-reactive ketones (excluding diaryl/α,β-unsaturated/α-hetero) is 2. The molecular formula is C33H29N3O3. The maximum Gasteiger partial charge on any atom is 0.196 e. The van der Waals surface area contributed by atoms with Gasteiger partial charge in [-0.25, -0.2) is 4.99 Å². The van der Waals surface area contributed by atoms with E-state index in [1.54, 1.807) is 24.3 Å². The van der Waals surface area contributed by atoms with E-state index in [-0.39, 0.29) is 11.6 Å². The van der Waals surface area contributed by atoms with Gasteiger partial charge in [0.25, 0.3) is 0 Å². The first-order valence-electron chi connectivity index (χ1n) is 13.6. The van der Waals surface area contributed by atoms with Gasteiger partial charge in [-0.3, -0.25) is 14.5 Å². The van der Waals surface area contributed by atoms with Gasteiger partial charge in [0.1, 0.15) is 11.4 Å². The maximum atomic E-state index is 13.8. The smallest absolute Gasteiger partial charge is 0.196 e. The van der Waals surface area contributed by atoms with Crippen molar-refractivity contribution >= 4 is 23.0 Å². The topological polar surface area (TPSA) is 71.0 Å². The number of aliphatic imine (C=N–C) groups is 1. The molecule has 0 radical (unpaired) electrons. The zero-order valence-electron chi connectivity index (χ0n) is 21.9. The number of hydrogen-bond acceptors (Lipinski definition) is 6. The largest absolute Gasteiger partial charge is 0.478 e. The number of allylic oxidation sites excluding steroid dienone is 1. The van der Waals surface area contributed by atoms with Gasteiger partial charge in [-0.1, -0.05) is 54.6 Å². The molecule has 4 aliphatic rings. The number of carbonyl (C=O) groups excluding carboxylic acids is 2. The van der Waals surface area contributed by atoms with Gasteiger partial charge in [-0.05, 0) is 54.7 Å². The molecule has 0 bridgehead atoms. The lowest BCUT2D eigenvalue weighted by Gasteiger charge is -2.34. The zero-order valence-corrected chi connectivity index (χ0v) is 21.9. The molecule has 3 aromatic carbocycles. The number of hydrogen-bond donors (Lipinski definition) is 1. The van der Waals surface area contributed by atoms with Gasteiger partial charge in [-0.2, -0.15) is 0 Å². The molecular weight excluding hydrogens is 486 g/mol. The first-order chi connectivity index (χ1) is 19.1. The Morgan fingerprint density at radius 3 is 2.51 bits per heavy atom. The van der Waals surface area contributed by atoms with Crippen molar-refractivity contribution in [2.75, 3.05) is 19.6 Å². The summed E-state index contributed by atoms with van der Waals surface area (Å²) < 4.78 is 6.32. The van der Waals surface area contributed by atoms with Gasteiger partial charge in [-0.15, -0.1) is 0 Å². The third-order valence-corrected chi connectivity index (χ3v) is 8.02. The number of nitrogens with zero attached hydrogens (tertiary/aromatic N) is 2. The second-order valence-corrected chi connectivity index (χ2v) is 10.6. The number of fused-ring (bicyclic) bond motifs is 5. The molecule has 194 valence electrons. The molecule has 6 nitrogen and oxygen atoms in total. The van der Waals surface area contributed by atoms with Gasteiger partial charge in [0.2, 0.25) is 0 Å². The van der Waals surface area contributed by atoms with Crippen molar-refractivity contribution in [1.29, 1.82) is 0 Å². The van der Waals surface area contributed by atoms with Crippen LogP contribution in [-0.4, -0.2) is 47.9 Å². The van der Waals surface area contributed by atoms with Crippen LogP contribution < -0.4 is 10.1 Å². The summed E-state index contributed by atoms with van der Waals surface area (Å²) in [4.78, 5) is 34.9. The van der Waals surface area contributed by atoms with E-state index in [2.05, 4.69) is 34.5 Å². The number of aryl methyl sites for hydroxylation is 1. The fraction of sp³-hybridized carbons (Fsp3) is 0.242. The standard InChI is InChI=1S/C33H29N3O3/c1-20-11-12-27-25(17-20)35-31-28(39-27)18-26(29-30(31)33(38)24-10-5-4-9-23(24)32(29)37)34-14-6-15-36-16-13-21-7-2-3-8-22(21)19-36/h2-5,7-12,17-18,28,34H,6,13-16,19H2,1H3. The SMILES string of the molecule is Cc1ccc2c(c1)N=C1C3=C(C(=O)c4ccccc4C3=O)C(NCCCN3CCc4ccccc4C3)=CC1O2. The van der Waals surface area contributed by atoms with E-state index in [0.717, 1.165) is 38.0 Å². The Morgan fingerprint density at radius 1 is 0.949 bits per heavy atom. The summed E-state index contributed by atoms with van der Waals surface area (Å²) in [6.07, 6.45) is 3.36. The number of carbonyl (C=O) groups is 2. The van der Waals surface area contributed by atoms with Crippen molar-refractivity contribution in [3.8, 4) is 5.75 Å². The average Bonchev–Trinajstić information content (AvgIpc) is 2.96. The van der Waals surface area contributed by atoms with Crippen LogP contribution >= 0.6 is 0 Å². The quantitative estimate of drug-likeness (QED) is 0.477. The molecule has 1 atom stereocenters. The van der Waals surface area contributed by atoms with E-state index in [0.29, 0.717) is 51.7 Å². The minimum Gasteiger partial charge on any atom is -0.478 e. The lowest BCUT2D eigenvalue weighted by molar-refractivity contribution is 0.0978. The fourth-order valence-corrected chi connectivity index (χ4v) is 6.04. The number of nitrogens with one attached hydrogen (secondary N) is 1. The molecule has 1 N–H and O–H groups in total. The van der Waals surface area contributed by atoms with Crippen LogP contribution in [-0.2, 0) is 13.0 Å². The Labute approximate surface area is 227 Å². The van der Waals surface area contributed by atoms with Crippen molar-refractivity contribution in [2.24, 2.45) is 4.99 Å². The van der Waals surface area contributed by atoms with Crippen molar-refractivity contribution < 1.29 is 14.3 Å². The lowest BCUT2D eigenvalue weighted by atomic mass is 9.76. The van der Waals surface area contributed by atoms with Crippen molar-refractivity contribution in [1.82, 2.24) is 10.2 Å². The Bertz CT molecular complexity index is 1630. The summed E-state index contributed by atoms with van der Waals surface area (Å²) in [7, 11) is 0. The number of benzene rings is 3. The van der Waals surface area contributed by atoms with Crippen LogP contribution in [0.15, 0.2) is 94.6 Å². The molecule has 2 aliphatic heterocycles. The summed E-state index contributed by atoms with van der Waals surface area (Å²) in [5.41, 5.74) is 7.36. The van der Waals surface area contributed by atoms with Crippen LogP contribution in [0.5, 0.6) is 5.75 Å². The highest BCUT2D eigenvalue weighted by atomic mass is 16.5. The van der Waals surface area contributed by atoms with E-state index in [9.17, 15) is 9.59 Å². The summed E-state index contributed by atoms with van der Waals surface area (Å²) in [6, 6.07) is 21.5. The first-order valence-corrected chi connectivity index (χ1v) is 13.6. The van der Waals surface area contributed by atoms with Crippen molar-refractivity contribution in [2.45, 2.75) is 32.4 Å². The summed E-state index contributed by atoms with van der Waals surface area (Å²) in [6.45, 7) is 5.64. The Kier molecular flexibility index (Phi) is 5.78. The molecule has 2 heterocycles. The van der Waals surface area contributed by atoms with Gasteiger partial charge < -0.3 is 10.1 Å². The number of rotatable bonds is 5. The molecule has 3 aromatic rings. The molecule has 0 spiro atoms. The van der Waals surface area contributed by atoms with Crippen molar-refractivity contribution in [3.05, 3.63) is 117 Å². The van der Waals surface area contributed by atoms with E-state index in [1.165, 1.54) is 11.1 Å². The van der Waals surface area contributed by atoms with Crippen LogP contribution in [0.3, 0.4) is 0 Å². The van der Waals surface area contributed by atoms with Gasteiger partial charge in [0, 0.05) is 43.0 Å². The van der Waals surface area contributed by atoms with Crippen LogP contribution in [0.1, 0.15) is 43.8 Å². The molecule has 2 aliphatic carbocycles. The Hall–Kier alpha value is -4.29. The minimum absolute atomic E-state index is 0.150. The highest BCUT2D eigenvalue weighted by molar-refractivity contribution is 6.40. The van der Waals surface area contributed by atoms with Gasteiger partial charge >= 0.3 is 0 Å². The molecule has 0 saturated carbocycles. The maximum absolute atomic E-state index is 13.8. The third-order valence-electron chi connectivity index (χ3n) is 8.02. The normalized spacial score (nSPS) is 19.6. The molecule has 7 rings (SSSR count). The van der Waals surface area contributed by atoms with Crippen LogP contribution in [0.25, 0.3) is 0 Å². The number of ether oxygens (including phenoxy) is 1. The van der Waals surface area contributed by atoms with E-state index in [1.807, 2.05) is 31.2 Å². The first kappa shape index (κ1) is 23.8. The van der Waals surface area contributed by atoms with Gasteiger partial charge in [0.05, 0.1) is 16.9 Å². The molecule has 0 saturated heterocycles. The zero-order chi connectivity index (χ0) is 26.5. The predicted molar refractivity (Wildman–Crippen MR) is 151 cm³/mol. The van der Waals surface area contributed by atoms with E-state index in [4.69, 9.17) is 9.73 Å². The summed E-state index contributed by atoms with van der Waals surface area (Å²) in [5.74, 6) is 0.347. The molecule has 0 amide bonds. The minimum atomic E-state index is -0.540. The second kappa shape index (κ2) is 9.47. The molecule has 6 heteroatoms. The highest BCUT2D eigenvalue weighted by Gasteiger charge is 2.43. The summed E-state index contributed by atoms with van der Waals surface area (Å²) in [5, 5.41) is 3.50. The molecule has 1 unspecified atom stereocenters. The predicted octanol–water partition coefficient (Wildman–Crippen LogP) is 5.14. The highest BCUT2D eigenvalue weighted by Crippen LogP contribution is 2.41. The lowest BCUT2D eigenvalue weighted by Crippen LogP contribution is -2.42. The van der Waals surface area contributed by atoms with Crippen LogP contribution in [0.4, 0.5) is 5.69 Å². The van der Waals surface area contributed by atoms with Crippen LogP contribution in [0.2, 0.25) is 0 Å². The van der Waals surface area contributed by atoms with Gasteiger partial charge in [0.15, 0.2) is 17.7 Å². The molecule has 0 aromatic heterocycles. The second-order valence-electron chi connectivity index (χ2n) is 10.6. The van der Waals surface area contributed by atoms with E-state index >= 15 is 0 Å². The molecule has 0 fully saturated rings. The third kappa shape index (κ3) is 4.12. The molecule has 39 heavy (non-hydrogen) atoms. The summed E-state index contributed by atoms with van der Waals surface area (Å²) >= 11 is 0. The van der Waals surface area contributed by atoms with Crippen LogP contribution in [0, 0.1) is 6.92 Å². The van der Waals surface area contributed by atoms with E-state index < -0.39 is 6.10 Å². The number of ketones is 2. The Balaban J connectivity index is 1.16.